The van der Waals surface area contributed by atoms with Crippen molar-refractivity contribution in [3.8, 4) is 0 Å². The van der Waals surface area contributed by atoms with Crippen molar-refractivity contribution in [1.82, 2.24) is 15.5 Å². The molecule has 0 fully saturated rings. The molecule has 0 aromatic heterocycles. The predicted molar refractivity (Wildman–Crippen MR) is 101 cm³/mol. The molecular weight excluding hydrogens is 351 g/mol. The number of hydrogen-bond donors (Lipinski definition) is 3. The Balaban J connectivity index is 0.00000529. The largest absolute Gasteiger partial charge is 0.340 e. The minimum atomic E-state index is -0.345. The average Bonchev–Trinajstić information content (AvgIpc) is 2.44. The Kier molecular flexibility index (Phi) is 9.11. The minimum Gasteiger partial charge on any atom is -0.340 e. The Labute approximate surface area is 154 Å². The summed E-state index contributed by atoms with van der Waals surface area (Å²) in [7, 11) is 3.53. The zero-order chi connectivity index (χ0) is 17.6. The second-order valence-electron chi connectivity index (χ2n) is 6.35. The van der Waals surface area contributed by atoms with Crippen molar-refractivity contribution in [3.05, 3.63) is 28.8 Å². The topological polar surface area (TPSA) is 73.5 Å². The average molecular weight is 377 g/mol. The Morgan fingerprint density at radius 1 is 1.25 bits per heavy atom. The molecule has 1 aromatic rings. The number of halogens is 2. The zero-order valence-corrected chi connectivity index (χ0v) is 16.3. The van der Waals surface area contributed by atoms with E-state index in [9.17, 15) is 9.59 Å². The molecule has 1 aromatic carbocycles. The van der Waals surface area contributed by atoms with Crippen molar-refractivity contribution in [1.29, 1.82) is 0 Å². The molecule has 1 rings (SSSR count). The van der Waals surface area contributed by atoms with Crippen LogP contribution in [0.3, 0.4) is 0 Å². The van der Waals surface area contributed by atoms with Gasteiger partial charge >= 0.3 is 6.03 Å². The zero-order valence-electron chi connectivity index (χ0n) is 14.7. The lowest BCUT2D eigenvalue weighted by atomic mass is 10.1. The summed E-state index contributed by atoms with van der Waals surface area (Å²) in [6.45, 7) is 6.92. The molecule has 0 aliphatic carbocycles. The minimum absolute atomic E-state index is 0. The molecule has 0 bridgehead atoms. The monoisotopic (exact) mass is 376 g/mol. The molecule has 3 N–H and O–H groups in total. The van der Waals surface area contributed by atoms with E-state index in [0.717, 1.165) is 0 Å². The lowest BCUT2D eigenvalue weighted by Gasteiger charge is -2.21. The Bertz CT molecular complexity index is 574. The first kappa shape index (κ1) is 22.5. The molecule has 0 heterocycles. The van der Waals surface area contributed by atoms with Crippen LogP contribution in [0.25, 0.3) is 0 Å². The molecule has 136 valence electrons. The smallest absolute Gasteiger partial charge is 0.319 e. The van der Waals surface area contributed by atoms with Gasteiger partial charge in [-0.15, -0.1) is 12.4 Å². The second kappa shape index (κ2) is 9.71. The van der Waals surface area contributed by atoms with Gasteiger partial charge in [0, 0.05) is 31.4 Å². The van der Waals surface area contributed by atoms with Crippen LogP contribution >= 0.6 is 24.0 Å². The molecule has 24 heavy (non-hydrogen) atoms. The quantitative estimate of drug-likeness (QED) is 0.739. The van der Waals surface area contributed by atoms with Gasteiger partial charge in [-0.3, -0.25) is 4.79 Å². The van der Waals surface area contributed by atoms with Crippen LogP contribution in [0.5, 0.6) is 0 Å². The van der Waals surface area contributed by atoms with Gasteiger partial charge < -0.3 is 20.9 Å². The third-order valence-corrected chi connectivity index (χ3v) is 3.32. The van der Waals surface area contributed by atoms with Crippen LogP contribution in [-0.4, -0.2) is 49.6 Å². The number of nitrogens with one attached hydrogen (secondary N) is 3. The maximum Gasteiger partial charge on any atom is 0.319 e. The van der Waals surface area contributed by atoms with Crippen LogP contribution in [0.4, 0.5) is 10.5 Å². The van der Waals surface area contributed by atoms with Crippen molar-refractivity contribution >= 4 is 41.6 Å². The highest BCUT2D eigenvalue weighted by Gasteiger charge is 2.17. The van der Waals surface area contributed by atoms with E-state index in [0.29, 0.717) is 29.4 Å². The van der Waals surface area contributed by atoms with Crippen molar-refractivity contribution in [3.63, 3.8) is 0 Å². The normalized spacial score (nSPS) is 10.6. The summed E-state index contributed by atoms with van der Waals surface area (Å²) in [6, 6.07) is 4.52. The van der Waals surface area contributed by atoms with E-state index in [1.165, 1.54) is 0 Å². The molecule has 3 amide bonds. The van der Waals surface area contributed by atoms with Gasteiger partial charge in [-0.25, -0.2) is 4.79 Å². The molecule has 0 aliphatic rings. The summed E-state index contributed by atoms with van der Waals surface area (Å²) in [5.41, 5.74) is 0.531. The van der Waals surface area contributed by atoms with Crippen molar-refractivity contribution in [2.75, 3.05) is 32.5 Å². The summed E-state index contributed by atoms with van der Waals surface area (Å²) in [4.78, 5) is 25.9. The molecule has 8 heteroatoms. The Morgan fingerprint density at radius 3 is 2.42 bits per heavy atom. The third kappa shape index (κ3) is 7.38. The summed E-state index contributed by atoms with van der Waals surface area (Å²) in [5, 5.41) is 8.85. The first-order valence-electron chi connectivity index (χ1n) is 7.43. The van der Waals surface area contributed by atoms with Crippen LogP contribution in [0.1, 0.15) is 31.1 Å². The van der Waals surface area contributed by atoms with Gasteiger partial charge in [0.1, 0.15) is 0 Å². The number of carbonyl (C=O) groups excluding carboxylic acids is 2. The van der Waals surface area contributed by atoms with E-state index in [4.69, 9.17) is 11.6 Å². The van der Waals surface area contributed by atoms with Gasteiger partial charge in [-0.05, 0) is 46.0 Å². The molecule has 0 aliphatic heterocycles. The lowest BCUT2D eigenvalue weighted by molar-refractivity contribution is 0.0797. The van der Waals surface area contributed by atoms with E-state index in [1.54, 1.807) is 30.1 Å². The number of nitrogens with zero attached hydrogens (tertiary/aromatic N) is 1. The van der Waals surface area contributed by atoms with Crippen LogP contribution < -0.4 is 16.0 Å². The summed E-state index contributed by atoms with van der Waals surface area (Å²) in [6.07, 6.45) is 0. The molecule has 0 saturated heterocycles. The highest BCUT2D eigenvalue weighted by atomic mass is 35.5. The number of urea groups is 1. The number of amides is 3. The van der Waals surface area contributed by atoms with Gasteiger partial charge in [-0.1, -0.05) is 11.6 Å². The Morgan fingerprint density at radius 2 is 1.88 bits per heavy atom. The first-order valence-corrected chi connectivity index (χ1v) is 7.80. The second-order valence-corrected chi connectivity index (χ2v) is 6.76. The predicted octanol–water partition coefficient (Wildman–Crippen LogP) is 2.97. The van der Waals surface area contributed by atoms with E-state index in [-0.39, 0.29) is 29.9 Å². The molecule has 6 nitrogen and oxygen atoms in total. The first-order chi connectivity index (χ1) is 10.6. The number of carbonyl (C=O) groups is 2. The van der Waals surface area contributed by atoms with Gasteiger partial charge in [0.05, 0.1) is 10.6 Å². The van der Waals surface area contributed by atoms with Gasteiger partial charge in [-0.2, -0.15) is 0 Å². The number of benzene rings is 1. The van der Waals surface area contributed by atoms with Crippen LogP contribution in [-0.2, 0) is 0 Å². The molecule has 0 spiro atoms. The van der Waals surface area contributed by atoms with E-state index in [1.807, 2.05) is 27.8 Å². The Hall–Kier alpha value is -1.50. The third-order valence-electron chi connectivity index (χ3n) is 2.99. The molecule has 0 saturated carbocycles. The SMILES string of the molecule is CNCCN(C)C(=O)c1cc(NC(=O)NC(C)(C)C)ccc1Cl.Cl. The van der Waals surface area contributed by atoms with E-state index >= 15 is 0 Å². The van der Waals surface area contributed by atoms with Crippen molar-refractivity contribution in [2.45, 2.75) is 26.3 Å². The fourth-order valence-electron chi connectivity index (χ4n) is 1.86. The molecule has 0 atom stereocenters. The van der Waals surface area contributed by atoms with Gasteiger partial charge in [0.15, 0.2) is 0 Å². The molecule has 0 unspecified atom stereocenters. The molecule has 0 radical (unpaired) electrons. The number of rotatable bonds is 5. The highest BCUT2D eigenvalue weighted by Crippen LogP contribution is 2.22. The van der Waals surface area contributed by atoms with Gasteiger partial charge in [0.25, 0.3) is 5.91 Å². The van der Waals surface area contributed by atoms with Crippen molar-refractivity contribution < 1.29 is 9.59 Å². The van der Waals surface area contributed by atoms with Crippen LogP contribution in [0.2, 0.25) is 5.02 Å². The van der Waals surface area contributed by atoms with Gasteiger partial charge in [0.2, 0.25) is 0 Å². The number of likely N-dealkylation sites (N-methyl/N-ethyl adjacent to an activating group) is 2. The van der Waals surface area contributed by atoms with E-state index in [2.05, 4.69) is 16.0 Å². The molecular formula is C16H26Cl2N4O2. The van der Waals surface area contributed by atoms with Crippen LogP contribution in [0, 0.1) is 0 Å². The maximum absolute atomic E-state index is 12.4. The standard InChI is InChI=1S/C16H25ClN4O2.ClH/c1-16(2,3)20-15(23)19-11-6-7-13(17)12(10-11)14(22)21(5)9-8-18-4;/h6-7,10,18H,8-9H2,1-5H3,(H2,19,20,23);1H. The highest BCUT2D eigenvalue weighted by molar-refractivity contribution is 6.34. The fraction of sp³-hybridized carbons (Fsp3) is 0.500. The number of hydrogen-bond acceptors (Lipinski definition) is 3. The summed E-state index contributed by atoms with van der Waals surface area (Å²) >= 11 is 6.12. The number of anilines is 1. The van der Waals surface area contributed by atoms with Crippen LogP contribution in [0.15, 0.2) is 18.2 Å². The lowest BCUT2D eigenvalue weighted by Crippen LogP contribution is -2.43. The summed E-state index contributed by atoms with van der Waals surface area (Å²) in [5.74, 6) is -0.190. The fourth-order valence-corrected chi connectivity index (χ4v) is 2.05. The maximum atomic E-state index is 12.4. The van der Waals surface area contributed by atoms with Crippen molar-refractivity contribution in [2.24, 2.45) is 0 Å². The van der Waals surface area contributed by atoms with E-state index < -0.39 is 0 Å². The summed E-state index contributed by atoms with van der Waals surface area (Å²) < 4.78 is 0.